The van der Waals surface area contributed by atoms with Gasteiger partial charge in [-0.25, -0.2) is 0 Å². The zero-order chi connectivity index (χ0) is 14.6. The molecule has 0 heterocycles. The summed E-state index contributed by atoms with van der Waals surface area (Å²) in [6.07, 6.45) is 0. The van der Waals surface area contributed by atoms with Gasteiger partial charge in [-0.3, -0.25) is 9.59 Å². The van der Waals surface area contributed by atoms with Crippen LogP contribution in [0.5, 0.6) is 0 Å². The van der Waals surface area contributed by atoms with Crippen LogP contribution in [0.15, 0.2) is 18.2 Å². The van der Waals surface area contributed by atoms with E-state index in [0.29, 0.717) is 11.4 Å². The Morgan fingerprint density at radius 3 is 2.37 bits per heavy atom. The SMILES string of the molecule is CC(C)NC(=O)C(C)Nc1c(N)cccc1C(N)=O. The Hall–Kier alpha value is -2.24. The minimum Gasteiger partial charge on any atom is -0.397 e. The van der Waals surface area contributed by atoms with Crippen LogP contribution < -0.4 is 22.1 Å². The van der Waals surface area contributed by atoms with Crippen LogP contribution in [0.3, 0.4) is 0 Å². The summed E-state index contributed by atoms with van der Waals surface area (Å²) >= 11 is 0. The van der Waals surface area contributed by atoms with Crippen molar-refractivity contribution in [2.24, 2.45) is 5.73 Å². The van der Waals surface area contributed by atoms with Crippen LogP contribution in [0.25, 0.3) is 0 Å². The van der Waals surface area contributed by atoms with E-state index in [-0.39, 0.29) is 17.5 Å². The first kappa shape index (κ1) is 14.8. The molecule has 0 saturated heterocycles. The topological polar surface area (TPSA) is 110 Å². The molecule has 0 aliphatic rings. The molecule has 19 heavy (non-hydrogen) atoms. The van der Waals surface area contributed by atoms with Gasteiger partial charge < -0.3 is 22.1 Å². The van der Waals surface area contributed by atoms with Gasteiger partial charge in [0.15, 0.2) is 0 Å². The maximum atomic E-state index is 11.8. The number of carbonyl (C=O) groups excluding carboxylic acids is 2. The van der Waals surface area contributed by atoms with Gasteiger partial charge in [0, 0.05) is 6.04 Å². The van der Waals surface area contributed by atoms with Crippen molar-refractivity contribution in [1.29, 1.82) is 0 Å². The molecule has 0 fully saturated rings. The number of anilines is 2. The van der Waals surface area contributed by atoms with Crippen molar-refractivity contribution in [1.82, 2.24) is 5.32 Å². The van der Waals surface area contributed by atoms with Gasteiger partial charge in [0.2, 0.25) is 5.91 Å². The number of para-hydroxylation sites is 1. The summed E-state index contributed by atoms with van der Waals surface area (Å²) in [6, 6.07) is 4.36. The molecule has 1 rings (SSSR count). The zero-order valence-corrected chi connectivity index (χ0v) is 11.4. The van der Waals surface area contributed by atoms with Crippen molar-refractivity contribution in [2.45, 2.75) is 32.9 Å². The Labute approximate surface area is 112 Å². The maximum Gasteiger partial charge on any atom is 0.250 e. The second-order valence-electron chi connectivity index (χ2n) is 4.66. The Bertz CT molecular complexity index is 486. The fourth-order valence-electron chi connectivity index (χ4n) is 1.63. The molecule has 0 aliphatic heterocycles. The number of nitrogens with two attached hydrogens (primary N) is 2. The van der Waals surface area contributed by atoms with Gasteiger partial charge in [-0.1, -0.05) is 6.07 Å². The van der Waals surface area contributed by atoms with Crippen molar-refractivity contribution in [3.05, 3.63) is 23.8 Å². The molecule has 1 aromatic carbocycles. The number of rotatable bonds is 5. The highest BCUT2D eigenvalue weighted by atomic mass is 16.2. The normalized spacial score (nSPS) is 12.0. The second-order valence-corrected chi connectivity index (χ2v) is 4.66. The van der Waals surface area contributed by atoms with Crippen LogP contribution in [-0.2, 0) is 4.79 Å². The third-order valence-electron chi connectivity index (χ3n) is 2.55. The number of carbonyl (C=O) groups is 2. The molecule has 1 atom stereocenters. The monoisotopic (exact) mass is 264 g/mol. The smallest absolute Gasteiger partial charge is 0.250 e. The second kappa shape index (κ2) is 6.08. The summed E-state index contributed by atoms with van der Waals surface area (Å²) in [5, 5.41) is 5.70. The highest BCUT2D eigenvalue weighted by Crippen LogP contribution is 2.23. The maximum absolute atomic E-state index is 11.8. The first-order chi connectivity index (χ1) is 8.82. The molecule has 1 unspecified atom stereocenters. The van der Waals surface area contributed by atoms with Gasteiger partial charge in [0.05, 0.1) is 16.9 Å². The molecule has 6 heteroatoms. The van der Waals surface area contributed by atoms with Gasteiger partial charge >= 0.3 is 0 Å². The average Bonchev–Trinajstić information content (AvgIpc) is 2.30. The summed E-state index contributed by atoms with van der Waals surface area (Å²) in [4.78, 5) is 23.1. The number of hydrogen-bond acceptors (Lipinski definition) is 4. The van der Waals surface area contributed by atoms with E-state index in [4.69, 9.17) is 11.5 Å². The highest BCUT2D eigenvalue weighted by molar-refractivity contribution is 6.02. The Morgan fingerprint density at radius 1 is 1.21 bits per heavy atom. The number of nitrogens with one attached hydrogen (secondary N) is 2. The largest absolute Gasteiger partial charge is 0.397 e. The molecule has 104 valence electrons. The summed E-state index contributed by atoms with van der Waals surface area (Å²) in [5.74, 6) is -0.764. The lowest BCUT2D eigenvalue weighted by Gasteiger charge is -2.19. The van der Waals surface area contributed by atoms with Crippen molar-refractivity contribution in [2.75, 3.05) is 11.1 Å². The van der Waals surface area contributed by atoms with Crippen molar-refractivity contribution < 1.29 is 9.59 Å². The third-order valence-corrected chi connectivity index (χ3v) is 2.55. The Morgan fingerprint density at radius 2 is 1.84 bits per heavy atom. The number of benzene rings is 1. The van der Waals surface area contributed by atoms with E-state index < -0.39 is 11.9 Å². The molecule has 6 N–H and O–H groups in total. The van der Waals surface area contributed by atoms with Crippen LogP contribution in [0, 0.1) is 0 Å². The van der Waals surface area contributed by atoms with E-state index >= 15 is 0 Å². The fraction of sp³-hybridized carbons (Fsp3) is 0.385. The molecule has 1 aromatic rings. The van der Waals surface area contributed by atoms with Crippen LogP contribution in [0.1, 0.15) is 31.1 Å². The van der Waals surface area contributed by atoms with E-state index in [2.05, 4.69) is 10.6 Å². The zero-order valence-electron chi connectivity index (χ0n) is 11.4. The quantitative estimate of drug-likeness (QED) is 0.586. The first-order valence-corrected chi connectivity index (χ1v) is 6.08. The fourth-order valence-corrected chi connectivity index (χ4v) is 1.63. The van der Waals surface area contributed by atoms with E-state index in [1.165, 1.54) is 0 Å². The van der Waals surface area contributed by atoms with E-state index in [1.54, 1.807) is 25.1 Å². The molecular formula is C13H20N4O2. The average molecular weight is 264 g/mol. The lowest BCUT2D eigenvalue weighted by molar-refractivity contribution is -0.122. The van der Waals surface area contributed by atoms with Gasteiger partial charge in [-0.2, -0.15) is 0 Å². The van der Waals surface area contributed by atoms with E-state index in [1.807, 2.05) is 13.8 Å². The predicted octanol–water partition coefficient (Wildman–Crippen LogP) is 0.693. The lowest BCUT2D eigenvalue weighted by atomic mass is 10.1. The molecular weight excluding hydrogens is 244 g/mol. The number of amides is 2. The summed E-state index contributed by atoms with van der Waals surface area (Å²) in [6.45, 7) is 5.43. The lowest BCUT2D eigenvalue weighted by Crippen LogP contribution is -2.41. The predicted molar refractivity (Wildman–Crippen MR) is 75.7 cm³/mol. The minimum atomic E-state index is -0.591. The summed E-state index contributed by atoms with van der Waals surface area (Å²) in [7, 11) is 0. The van der Waals surface area contributed by atoms with Crippen molar-refractivity contribution in [3.8, 4) is 0 Å². The Kier molecular flexibility index (Phi) is 4.74. The molecule has 0 radical (unpaired) electrons. The molecule has 0 bridgehead atoms. The number of nitrogen functional groups attached to an aromatic ring is 1. The van der Waals surface area contributed by atoms with Crippen molar-refractivity contribution >= 4 is 23.2 Å². The standard InChI is InChI=1S/C13H20N4O2/c1-7(2)16-13(19)8(3)17-11-9(12(15)18)5-4-6-10(11)14/h4-8,17H,14H2,1-3H3,(H2,15,18)(H,16,19). The first-order valence-electron chi connectivity index (χ1n) is 6.08. The minimum absolute atomic E-state index is 0.0421. The summed E-state index contributed by atoms with van der Waals surface area (Å²) in [5.41, 5.74) is 12.1. The van der Waals surface area contributed by atoms with E-state index in [9.17, 15) is 9.59 Å². The molecule has 6 nitrogen and oxygen atoms in total. The van der Waals surface area contributed by atoms with Crippen LogP contribution in [-0.4, -0.2) is 23.9 Å². The molecule has 0 saturated carbocycles. The van der Waals surface area contributed by atoms with Gasteiger partial charge in [-0.05, 0) is 32.9 Å². The molecule has 2 amide bonds. The number of primary amides is 1. The molecule has 0 spiro atoms. The van der Waals surface area contributed by atoms with Crippen LogP contribution >= 0.6 is 0 Å². The summed E-state index contributed by atoms with van der Waals surface area (Å²) < 4.78 is 0. The molecule has 0 aliphatic carbocycles. The third kappa shape index (κ3) is 3.87. The van der Waals surface area contributed by atoms with Crippen LogP contribution in [0.4, 0.5) is 11.4 Å². The highest BCUT2D eigenvalue weighted by Gasteiger charge is 2.18. The van der Waals surface area contributed by atoms with Gasteiger partial charge in [-0.15, -0.1) is 0 Å². The Balaban J connectivity index is 2.93. The number of hydrogen-bond donors (Lipinski definition) is 4. The van der Waals surface area contributed by atoms with Gasteiger partial charge in [0.1, 0.15) is 6.04 Å². The van der Waals surface area contributed by atoms with Crippen molar-refractivity contribution in [3.63, 3.8) is 0 Å². The van der Waals surface area contributed by atoms with Crippen LogP contribution in [0.2, 0.25) is 0 Å². The van der Waals surface area contributed by atoms with Gasteiger partial charge in [0.25, 0.3) is 5.91 Å². The van der Waals surface area contributed by atoms with E-state index in [0.717, 1.165) is 0 Å². The molecule has 0 aromatic heterocycles.